The molecule has 3 rings (SSSR count). The second-order valence-corrected chi connectivity index (χ2v) is 6.21. The zero-order valence-electron chi connectivity index (χ0n) is 14.7. The number of benzene rings is 2. The number of nitrogens with one attached hydrogen (secondary N) is 1. The maximum atomic E-state index is 12.3. The van der Waals surface area contributed by atoms with Crippen LogP contribution in [0.1, 0.15) is 18.1 Å². The molecule has 0 saturated heterocycles. The first kappa shape index (κ1) is 17.3. The van der Waals surface area contributed by atoms with Gasteiger partial charge in [-0.1, -0.05) is 31.2 Å². The molecule has 5 nitrogen and oxygen atoms in total. The van der Waals surface area contributed by atoms with Crippen LogP contribution in [0.15, 0.2) is 42.5 Å². The van der Waals surface area contributed by atoms with Gasteiger partial charge in [0.05, 0.1) is 6.54 Å². The standard InChI is InChI=1S/C20H24N2O3/c1-3-16-6-4-5-7-17(16)21-20(23)14-22(2)13-15-8-9-18-19(12-15)25-11-10-24-18/h4-9,12H,3,10-11,13-14H2,1-2H3,(H,21,23). The van der Waals surface area contributed by atoms with Crippen molar-refractivity contribution in [3.05, 3.63) is 53.6 Å². The average Bonchev–Trinajstić information content (AvgIpc) is 2.62. The minimum absolute atomic E-state index is 0.0130. The van der Waals surface area contributed by atoms with Gasteiger partial charge in [-0.3, -0.25) is 9.69 Å². The molecule has 0 aromatic heterocycles. The monoisotopic (exact) mass is 340 g/mol. The fourth-order valence-corrected chi connectivity index (χ4v) is 2.94. The van der Waals surface area contributed by atoms with Gasteiger partial charge in [0.25, 0.3) is 0 Å². The van der Waals surface area contributed by atoms with Crippen LogP contribution in [0.3, 0.4) is 0 Å². The highest BCUT2D eigenvalue weighted by atomic mass is 16.6. The number of carbonyl (C=O) groups excluding carboxylic acids is 1. The first-order chi connectivity index (χ1) is 12.2. The quantitative estimate of drug-likeness (QED) is 0.878. The van der Waals surface area contributed by atoms with Crippen molar-refractivity contribution in [1.82, 2.24) is 4.90 Å². The lowest BCUT2D eigenvalue weighted by atomic mass is 10.1. The summed E-state index contributed by atoms with van der Waals surface area (Å²) in [6.07, 6.45) is 0.892. The lowest BCUT2D eigenvalue weighted by Gasteiger charge is -2.21. The first-order valence-electron chi connectivity index (χ1n) is 8.60. The highest BCUT2D eigenvalue weighted by molar-refractivity contribution is 5.92. The number of ether oxygens (including phenoxy) is 2. The number of aryl methyl sites for hydroxylation is 1. The normalized spacial score (nSPS) is 12.9. The number of rotatable bonds is 6. The van der Waals surface area contributed by atoms with Crippen molar-refractivity contribution in [2.75, 3.05) is 32.1 Å². The smallest absolute Gasteiger partial charge is 0.238 e. The molecule has 5 heteroatoms. The Morgan fingerprint density at radius 3 is 2.68 bits per heavy atom. The molecule has 0 unspecified atom stereocenters. The molecule has 1 amide bonds. The molecule has 0 saturated carbocycles. The van der Waals surface area contributed by atoms with Crippen molar-refractivity contribution in [3.63, 3.8) is 0 Å². The van der Waals surface area contributed by atoms with Crippen molar-refractivity contribution in [1.29, 1.82) is 0 Å². The average molecular weight is 340 g/mol. The molecule has 1 aliphatic rings. The highest BCUT2D eigenvalue weighted by Gasteiger charge is 2.14. The summed E-state index contributed by atoms with van der Waals surface area (Å²) >= 11 is 0. The molecule has 0 spiro atoms. The van der Waals surface area contributed by atoms with E-state index < -0.39 is 0 Å². The summed E-state index contributed by atoms with van der Waals surface area (Å²) in [5.74, 6) is 1.55. The van der Waals surface area contributed by atoms with Gasteiger partial charge >= 0.3 is 0 Å². The van der Waals surface area contributed by atoms with Gasteiger partial charge in [-0.15, -0.1) is 0 Å². The zero-order chi connectivity index (χ0) is 17.6. The summed E-state index contributed by atoms with van der Waals surface area (Å²) in [5.41, 5.74) is 3.13. The summed E-state index contributed by atoms with van der Waals surface area (Å²) in [4.78, 5) is 14.3. The van der Waals surface area contributed by atoms with Crippen molar-refractivity contribution in [3.8, 4) is 11.5 Å². The topological polar surface area (TPSA) is 50.8 Å². The van der Waals surface area contributed by atoms with Gasteiger partial charge < -0.3 is 14.8 Å². The third kappa shape index (κ3) is 4.51. The number of carbonyl (C=O) groups is 1. The summed E-state index contributed by atoms with van der Waals surface area (Å²) in [5, 5.41) is 3.00. The molecule has 0 radical (unpaired) electrons. The maximum Gasteiger partial charge on any atom is 0.238 e. The van der Waals surface area contributed by atoms with E-state index in [9.17, 15) is 4.79 Å². The number of fused-ring (bicyclic) bond motifs is 1. The van der Waals surface area contributed by atoms with Crippen LogP contribution in [-0.2, 0) is 17.8 Å². The Bertz CT molecular complexity index is 745. The predicted molar refractivity (Wildman–Crippen MR) is 98.2 cm³/mol. The van der Waals surface area contributed by atoms with Gasteiger partial charge in [0, 0.05) is 12.2 Å². The van der Waals surface area contributed by atoms with Crippen LogP contribution in [-0.4, -0.2) is 37.6 Å². The Morgan fingerprint density at radius 2 is 1.88 bits per heavy atom. The molecular formula is C20H24N2O3. The largest absolute Gasteiger partial charge is 0.486 e. The Morgan fingerprint density at radius 1 is 1.12 bits per heavy atom. The Hall–Kier alpha value is -2.53. The zero-order valence-corrected chi connectivity index (χ0v) is 14.7. The third-order valence-corrected chi connectivity index (χ3v) is 4.14. The van der Waals surface area contributed by atoms with Crippen LogP contribution < -0.4 is 14.8 Å². The molecule has 132 valence electrons. The van der Waals surface area contributed by atoms with E-state index in [4.69, 9.17) is 9.47 Å². The summed E-state index contributed by atoms with van der Waals surface area (Å²) in [6.45, 7) is 4.24. The fourth-order valence-electron chi connectivity index (χ4n) is 2.94. The Kier molecular flexibility index (Phi) is 5.56. The number of anilines is 1. The van der Waals surface area contributed by atoms with Crippen LogP contribution in [0, 0.1) is 0 Å². The second-order valence-electron chi connectivity index (χ2n) is 6.21. The van der Waals surface area contributed by atoms with Gasteiger partial charge in [0.1, 0.15) is 13.2 Å². The SMILES string of the molecule is CCc1ccccc1NC(=O)CN(C)Cc1ccc2c(c1)OCCO2. The van der Waals surface area contributed by atoms with Crippen LogP contribution in [0.25, 0.3) is 0 Å². The third-order valence-electron chi connectivity index (χ3n) is 4.14. The van der Waals surface area contributed by atoms with Crippen molar-refractivity contribution < 1.29 is 14.3 Å². The van der Waals surface area contributed by atoms with E-state index in [2.05, 4.69) is 12.2 Å². The Balaban J connectivity index is 1.57. The van der Waals surface area contributed by atoms with E-state index in [-0.39, 0.29) is 5.91 Å². The van der Waals surface area contributed by atoms with Crippen LogP contribution in [0.2, 0.25) is 0 Å². The van der Waals surface area contributed by atoms with Crippen LogP contribution in [0.4, 0.5) is 5.69 Å². The number of para-hydroxylation sites is 1. The molecule has 0 bridgehead atoms. The molecule has 1 aliphatic heterocycles. The minimum Gasteiger partial charge on any atom is -0.486 e. The lowest BCUT2D eigenvalue weighted by molar-refractivity contribution is -0.117. The second kappa shape index (κ2) is 8.03. The van der Waals surface area contributed by atoms with Gasteiger partial charge in [0.15, 0.2) is 11.5 Å². The first-order valence-corrected chi connectivity index (χ1v) is 8.60. The van der Waals surface area contributed by atoms with Crippen molar-refractivity contribution in [2.24, 2.45) is 0 Å². The fraction of sp³-hybridized carbons (Fsp3) is 0.350. The van der Waals surface area contributed by atoms with E-state index in [0.29, 0.717) is 26.3 Å². The van der Waals surface area contributed by atoms with Gasteiger partial charge in [0.2, 0.25) is 5.91 Å². The molecule has 25 heavy (non-hydrogen) atoms. The van der Waals surface area contributed by atoms with Crippen molar-refractivity contribution >= 4 is 11.6 Å². The minimum atomic E-state index is -0.0130. The van der Waals surface area contributed by atoms with Gasteiger partial charge in [-0.05, 0) is 42.8 Å². The van der Waals surface area contributed by atoms with E-state index in [1.54, 1.807) is 0 Å². The molecule has 2 aromatic carbocycles. The van der Waals surface area contributed by atoms with Crippen LogP contribution in [0.5, 0.6) is 11.5 Å². The van der Waals surface area contributed by atoms with Crippen molar-refractivity contribution in [2.45, 2.75) is 19.9 Å². The molecule has 2 aromatic rings. The maximum absolute atomic E-state index is 12.3. The molecule has 0 aliphatic carbocycles. The number of amides is 1. The highest BCUT2D eigenvalue weighted by Crippen LogP contribution is 2.31. The summed E-state index contributed by atoms with van der Waals surface area (Å²) in [6, 6.07) is 13.8. The Labute approximate surface area is 148 Å². The molecule has 0 fully saturated rings. The summed E-state index contributed by atoms with van der Waals surface area (Å²) in [7, 11) is 1.93. The number of nitrogens with zero attached hydrogens (tertiary/aromatic N) is 1. The number of hydrogen-bond acceptors (Lipinski definition) is 4. The van der Waals surface area contributed by atoms with E-state index in [1.165, 1.54) is 0 Å². The van der Waals surface area contributed by atoms with E-state index >= 15 is 0 Å². The number of likely N-dealkylation sites (N-methyl/N-ethyl adjacent to an activating group) is 1. The van der Waals surface area contributed by atoms with E-state index in [1.807, 2.05) is 54.4 Å². The summed E-state index contributed by atoms with van der Waals surface area (Å²) < 4.78 is 11.1. The lowest BCUT2D eigenvalue weighted by Crippen LogP contribution is -2.30. The van der Waals surface area contributed by atoms with E-state index in [0.717, 1.165) is 34.7 Å². The van der Waals surface area contributed by atoms with Gasteiger partial charge in [-0.2, -0.15) is 0 Å². The molecular weight excluding hydrogens is 316 g/mol. The molecule has 0 atom stereocenters. The van der Waals surface area contributed by atoms with Crippen LogP contribution >= 0.6 is 0 Å². The molecule has 1 N–H and O–H groups in total. The van der Waals surface area contributed by atoms with Gasteiger partial charge in [-0.25, -0.2) is 0 Å². The number of hydrogen-bond donors (Lipinski definition) is 1. The molecule has 1 heterocycles. The predicted octanol–water partition coefficient (Wildman–Crippen LogP) is 3.09.